The van der Waals surface area contributed by atoms with Crippen molar-refractivity contribution in [2.45, 2.75) is 35.7 Å². The number of phenols is 1. The summed E-state index contributed by atoms with van der Waals surface area (Å²) in [6.07, 6.45) is 0.0906. The first-order valence-corrected chi connectivity index (χ1v) is 11.5. The molecule has 0 heterocycles. The lowest BCUT2D eigenvalue weighted by molar-refractivity contribution is -0.145. The zero-order chi connectivity index (χ0) is 22.3. The number of benzene rings is 3. The molecule has 0 aromatic heterocycles. The average molecular weight is 440 g/mol. The van der Waals surface area contributed by atoms with Crippen molar-refractivity contribution in [3.8, 4) is 5.75 Å². The largest absolute Gasteiger partial charge is 0.508 e. The van der Waals surface area contributed by atoms with Crippen LogP contribution in [-0.4, -0.2) is 32.1 Å². The van der Waals surface area contributed by atoms with Gasteiger partial charge in [0.2, 0.25) is 9.84 Å². The van der Waals surface area contributed by atoms with E-state index < -0.39 is 21.8 Å². The predicted molar refractivity (Wildman–Crippen MR) is 117 cm³/mol. The maximum atomic E-state index is 13.2. The minimum absolute atomic E-state index is 0.0329. The van der Waals surface area contributed by atoms with Crippen LogP contribution in [0.25, 0.3) is 0 Å². The minimum atomic E-state index is -3.88. The van der Waals surface area contributed by atoms with Gasteiger partial charge in [-0.15, -0.1) is 0 Å². The molecule has 2 N–H and O–H groups in total. The maximum absolute atomic E-state index is 13.2. The number of ether oxygens (including phenoxy) is 1. The first-order chi connectivity index (χ1) is 14.9. The van der Waals surface area contributed by atoms with Crippen molar-refractivity contribution in [1.29, 1.82) is 0 Å². The molecule has 162 valence electrons. The van der Waals surface area contributed by atoms with Crippen molar-refractivity contribution < 1.29 is 23.1 Å². The first kappa shape index (κ1) is 22.5. The molecule has 1 atom stereocenters. The Morgan fingerprint density at radius 3 is 2.29 bits per heavy atom. The van der Waals surface area contributed by atoms with Gasteiger partial charge in [-0.25, -0.2) is 8.42 Å². The Bertz CT molecular complexity index is 1120. The number of phenolic OH excluding ortho intramolecular Hbond substituents is 1. The van der Waals surface area contributed by atoms with Gasteiger partial charge in [-0.2, -0.15) is 0 Å². The Kier molecular flexibility index (Phi) is 7.44. The van der Waals surface area contributed by atoms with E-state index in [1.54, 1.807) is 25.1 Å². The van der Waals surface area contributed by atoms with E-state index in [-0.39, 0.29) is 28.6 Å². The van der Waals surface area contributed by atoms with Gasteiger partial charge in [0.1, 0.15) is 11.8 Å². The van der Waals surface area contributed by atoms with Crippen LogP contribution < -0.4 is 5.32 Å². The summed E-state index contributed by atoms with van der Waals surface area (Å²) >= 11 is 0. The molecule has 3 rings (SSSR count). The van der Waals surface area contributed by atoms with Crippen molar-refractivity contribution in [2.75, 3.05) is 6.61 Å². The molecule has 0 saturated heterocycles. The van der Waals surface area contributed by atoms with Crippen molar-refractivity contribution in [3.63, 3.8) is 0 Å². The van der Waals surface area contributed by atoms with Gasteiger partial charge in [0.15, 0.2) is 0 Å². The van der Waals surface area contributed by atoms with Gasteiger partial charge < -0.3 is 15.2 Å². The van der Waals surface area contributed by atoms with Crippen molar-refractivity contribution in [3.05, 3.63) is 90.0 Å². The molecule has 0 spiro atoms. The SMILES string of the molecule is CCOC(=O)[C@H](Cc1ccc(O)cc1S(=O)(=O)c1ccccc1)NCc1ccccc1. The van der Waals surface area contributed by atoms with Crippen LogP contribution in [0.2, 0.25) is 0 Å². The maximum Gasteiger partial charge on any atom is 0.323 e. The number of carbonyl (C=O) groups is 1. The molecule has 3 aromatic carbocycles. The fourth-order valence-electron chi connectivity index (χ4n) is 3.23. The molecule has 31 heavy (non-hydrogen) atoms. The molecule has 0 unspecified atom stereocenters. The number of sulfone groups is 1. The van der Waals surface area contributed by atoms with Crippen LogP contribution in [0.4, 0.5) is 0 Å². The number of hydrogen-bond donors (Lipinski definition) is 2. The molecule has 6 nitrogen and oxygen atoms in total. The van der Waals surface area contributed by atoms with Crippen LogP contribution in [-0.2, 0) is 32.3 Å². The molecule has 0 aliphatic rings. The van der Waals surface area contributed by atoms with Crippen molar-refractivity contribution in [1.82, 2.24) is 5.32 Å². The van der Waals surface area contributed by atoms with Gasteiger partial charge in [-0.3, -0.25) is 4.79 Å². The summed E-state index contributed by atoms with van der Waals surface area (Å²) in [6, 6.07) is 21.0. The Morgan fingerprint density at radius 2 is 1.65 bits per heavy atom. The monoisotopic (exact) mass is 439 g/mol. The third kappa shape index (κ3) is 5.71. The minimum Gasteiger partial charge on any atom is -0.508 e. The molecule has 0 saturated carbocycles. The Balaban J connectivity index is 1.93. The number of nitrogens with one attached hydrogen (secondary N) is 1. The quantitative estimate of drug-likeness (QED) is 0.496. The highest BCUT2D eigenvalue weighted by atomic mass is 32.2. The highest BCUT2D eigenvalue weighted by Crippen LogP contribution is 2.28. The van der Waals surface area contributed by atoms with Gasteiger partial charge in [0.25, 0.3) is 0 Å². The van der Waals surface area contributed by atoms with Crippen molar-refractivity contribution in [2.24, 2.45) is 0 Å². The second-order valence-corrected chi connectivity index (χ2v) is 8.90. The van der Waals surface area contributed by atoms with Crippen LogP contribution in [0.15, 0.2) is 88.7 Å². The molecule has 0 aliphatic heterocycles. The average Bonchev–Trinajstić information content (AvgIpc) is 2.79. The summed E-state index contributed by atoms with van der Waals surface area (Å²) < 4.78 is 31.6. The lowest BCUT2D eigenvalue weighted by atomic mass is 10.0. The summed E-state index contributed by atoms with van der Waals surface area (Å²) in [7, 11) is -3.88. The fourth-order valence-corrected chi connectivity index (χ4v) is 4.77. The summed E-state index contributed by atoms with van der Waals surface area (Å²) in [6.45, 7) is 2.36. The van der Waals surface area contributed by atoms with Gasteiger partial charge in [0, 0.05) is 6.54 Å². The van der Waals surface area contributed by atoms with Crippen LogP contribution in [0, 0.1) is 0 Å². The van der Waals surface area contributed by atoms with E-state index in [9.17, 15) is 18.3 Å². The van der Waals surface area contributed by atoms with Crippen LogP contribution in [0.5, 0.6) is 5.75 Å². The normalized spacial score (nSPS) is 12.3. The van der Waals surface area contributed by atoms with Crippen LogP contribution in [0.1, 0.15) is 18.1 Å². The van der Waals surface area contributed by atoms with Gasteiger partial charge in [-0.05, 0) is 48.7 Å². The topological polar surface area (TPSA) is 92.7 Å². The third-order valence-corrected chi connectivity index (χ3v) is 6.64. The smallest absolute Gasteiger partial charge is 0.323 e. The molecule has 0 radical (unpaired) electrons. The Morgan fingerprint density at radius 1 is 1.00 bits per heavy atom. The molecule has 3 aromatic rings. The van der Waals surface area contributed by atoms with E-state index in [1.165, 1.54) is 30.3 Å². The number of aromatic hydroxyl groups is 1. The molecule has 0 fully saturated rings. The number of carbonyl (C=O) groups excluding carboxylic acids is 1. The molecular formula is C24H25NO5S. The van der Waals surface area contributed by atoms with E-state index >= 15 is 0 Å². The Labute approximate surface area is 182 Å². The standard InChI is InChI=1S/C24H25NO5S/c1-2-30-24(27)22(25-17-18-9-5-3-6-10-18)15-19-13-14-20(26)16-23(19)31(28,29)21-11-7-4-8-12-21/h3-14,16,22,25-26H,2,15,17H2,1H3/t22-/m0/s1. The first-order valence-electron chi connectivity index (χ1n) is 9.97. The summed E-state index contributed by atoms with van der Waals surface area (Å²) in [4.78, 5) is 12.7. The van der Waals surface area contributed by atoms with Gasteiger partial charge in [-0.1, -0.05) is 54.6 Å². The third-order valence-electron chi connectivity index (χ3n) is 4.78. The zero-order valence-corrected chi connectivity index (χ0v) is 18.0. The molecule has 0 bridgehead atoms. The molecule has 7 heteroatoms. The van der Waals surface area contributed by atoms with Gasteiger partial charge in [0.05, 0.1) is 16.4 Å². The number of hydrogen-bond acceptors (Lipinski definition) is 6. The number of esters is 1. The molecular weight excluding hydrogens is 414 g/mol. The van der Waals surface area contributed by atoms with E-state index in [2.05, 4.69) is 5.32 Å². The van der Waals surface area contributed by atoms with Gasteiger partial charge >= 0.3 is 5.97 Å². The van der Waals surface area contributed by atoms with E-state index in [1.807, 2.05) is 30.3 Å². The lowest BCUT2D eigenvalue weighted by Crippen LogP contribution is -2.39. The van der Waals surface area contributed by atoms with Crippen LogP contribution in [0.3, 0.4) is 0 Å². The number of rotatable bonds is 9. The van der Waals surface area contributed by atoms with E-state index in [4.69, 9.17) is 4.74 Å². The second-order valence-electron chi connectivity index (χ2n) is 6.98. The second kappa shape index (κ2) is 10.2. The molecule has 0 aliphatic carbocycles. The van der Waals surface area contributed by atoms with Crippen LogP contribution >= 0.6 is 0 Å². The summed E-state index contributed by atoms with van der Waals surface area (Å²) in [5.41, 5.74) is 1.40. The Hall–Kier alpha value is -3.16. The van der Waals surface area contributed by atoms with Crippen molar-refractivity contribution >= 4 is 15.8 Å². The summed E-state index contributed by atoms with van der Waals surface area (Å²) in [5, 5.41) is 13.1. The summed E-state index contributed by atoms with van der Waals surface area (Å²) in [5.74, 6) is -0.627. The fraction of sp³-hybridized carbons (Fsp3) is 0.208. The van der Waals surface area contributed by atoms with E-state index in [0.29, 0.717) is 12.1 Å². The highest BCUT2D eigenvalue weighted by molar-refractivity contribution is 7.91. The highest BCUT2D eigenvalue weighted by Gasteiger charge is 2.26. The molecule has 0 amide bonds. The van der Waals surface area contributed by atoms with E-state index in [0.717, 1.165) is 5.56 Å². The zero-order valence-electron chi connectivity index (χ0n) is 17.2. The predicted octanol–water partition coefficient (Wildman–Crippen LogP) is 3.49. The lowest BCUT2D eigenvalue weighted by Gasteiger charge is -2.19.